The molecule has 0 bridgehead atoms. The lowest BCUT2D eigenvalue weighted by Crippen LogP contribution is -2.44. The number of hydrazone groups is 1. The van der Waals surface area contributed by atoms with Crippen molar-refractivity contribution in [2.45, 2.75) is 38.5 Å². The first-order chi connectivity index (χ1) is 11.1. The molecule has 2 unspecified atom stereocenters. The van der Waals surface area contributed by atoms with Gasteiger partial charge in [-0.15, -0.1) is 0 Å². The van der Waals surface area contributed by atoms with Gasteiger partial charge in [0.15, 0.2) is 9.84 Å². The third kappa shape index (κ3) is 3.95. The smallest absolute Gasteiger partial charge is 0.253 e. The van der Waals surface area contributed by atoms with Crippen molar-refractivity contribution >= 4 is 27.1 Å². The van der Waals surface area contributed by atoms with Crippen LogP contribution in [-0.2, 0) is 9.84 Å². The molecule has 0 saturated heterocycles. The minimum absolute atomic E-state index is 0.189. The van der Waals surface area contributed by atoms with E-state index in [0.29, 0.717) is 5.56 Å². The number of carbonyl (C=O) groups is 1. The standard InChI is InChI=1S/C17H25N3O3S/c1-12-10-11-20(18-12)16-8-6-15(7-9-16)17(21)19(4)13(2)14(3)24(5,22)23/h6-9,13-14H,10-11H2,1-5H3. The highest BCUT2D eigenvalue weighted by atomic mass is 32.2. The first kappa shape index (κ1) is 18.4. The van der Waals surface area contributed by atoms with Crippen LogP contribution in [0.2, 0.25) is 0 Å². The summed E-state index contributed by atoms with van der Waals surface area (Å²) in [4.78, 5) is 14.1. The lowest BCUT2D eigenvalue weighted by atomic mass is 10.1. The van der Waals surface area contributed by atoms with Crippen LogP contribution in [0.1, 0.15) is 37.6 Å². The van der Waals surface area contributed by atoms with Gasteiger partial charge in [-0.3, -0.25) is 9.80 Å². The van der Waals surface area contributed by atoms with E-state index in [1.165, 1.54) is 11.2 Å². The second kappa shape index (κ2) is 6.93. The van der Waals surface area contributed by atoms with Gasteiger partial charge in [-0.05, 0) is 45.0 Å². The average Bonchev–Trinajstić information content (AvgIpc) is 2.97. The summed E-state index contributed by atoms with van der Waals surface area (Å²) in [5.41, 5.74) is 2.58. The van der Waals surface area contributed by atoms with Crippen LogP contribution in [-0.4, -0.2) is 56.1 Å². The van der Waals surface area contributed by atoms with Crippen LogP contribution >= 0.6 is 0 Å². The SMILES string of the molecule is CC1=NN(c2ccc(C(=O)N(C)C(C)C(C)S(C)(=O)=O)cc2)CC1. The van der Waals surface area contributed by atoms with Crippen molar-refractivity contribution < 1.29 is 13.2 Å². The van der Waals surface area contributed by atoms with E-state index in [2.05, 4.69) is 5.10 Å². The quantitative estimate of drug-likeness (QED) is 0.815. The van der Waals surface area contributed by atoms with Crippen molar-refractivity contribution in [2.75, 3.05) is 24.9 Å². The molecule has 24 heavy (non-hydrogen) atoms. The fourth-order valence-electron chi connectivity index (χ4n) is 2.60. The maximum absolute atomic E-state index is 12.6. The third-order valence-corrected chi connectivity index (χ3v) is 6.42. The highest BCUT2D eigenvalue weighted by Gasteiger charge is 2.28. The van der Waals surface area contributed by atoms with Gasteiger partial charge < -0.3 is 4.90 Å². The summed E-state index contributed by atoms with van der Waals surface area (Å²) in [6, 6.07) is 6.85. The van der Waals surface area contributed by atoms with Crippen LogP contribution in [0.4, 0.5) is 5.69 Å². The maximum atomic E-state index is 12.6. The number of hydrogen-bond acceptors (Lipinski definition) is 5. The molecule has 0 fully saturated rings. The van der Waals surface area contributed by atoms with Gasteiger partial charge in [0.25, 0.3) is 5.91 Å². The summed E-state index contributed by atoms with van der Waals surface area (Å²) >= 11 is 0. The zero-order valence-electron chi connectivity index (χ0n) is 14.9. The summed E-state index contributed by atoms with van der Waals surface area (Å²) in [6.45, 7) is 6.22. The Kier molecular flexibility index (Phi) is 5.32. The lowest BCUT2D eigenvalue weighted by molar-refractivity contribution is 0.0743. The fourth-order valence-corrected chi connectivity index (χ4v) is 3.50. The Bertz CT molecular complexity index is 741. The number of benzene rings is 1. The van der Waals surface area contributed by atoms with E-state index in [0.717, 1.165) is 24.4 Å². The summed E-state index contributed by atoms with van der Waals surface area (Å²) in [5, 5.41) is 5.74. The molecule has 2 atom stereocenters. The molecule has 132 valence electrons. The molecule has 6 nitrogen and oxygen atoms in total. The zero-order chi connectivity index (χ0) is 18.1. The van der Waals surface area contributed by atoms with Crippen molar-refractivity contribution in [1.29, 1.82) is 0 Å². The zero-order valence-corrected chi connectivity index (χ0v) is 15.7. The molecule has 0 radical (unpaired) electrons. The summed E-state index contributed by atoms with van der Waals surface area (Å²) in [7, 11) is -1.57. The number of sulfone groups is 1. The normalized spacial score (nSPS) is 17.4. The molecule has 2 rings (SSSR count). The van der Waals surface area contributed by atoms with Crippen LogP contribution in [0.25, 0.3) is 0 Å². The van der Waals surface area contributed by atoms with Gasteiger partial charge >= 0.3 is 0 Å². The largest absolute Gasteiger partial charge is 0.338 e. The number of anilines is 1. The first-order valence-corrected chi connectivity index (χ1v) is 9.94. The lowest BCUT2D eigenvalue weighted by Gasteiger charge is -2.29. The molecule has 0 aliphatic carbocycles. The minimum atomic E-state index is -3.20. The monoisotopic (exact) mass is 351 g/mol. The van der Waals surface area contributed by atoms with Crippen LogP contribution in [0.5, 0.6) is 0 Å². The van der Waals surface area contributed by atoms with Crippen molar-refractivity contribution in [3.8, 4) is 0 Å². The highest BCUT2D eigenvalue weighted by Crippen LogP contribution is 2.21. The molecule has 0 spiro atoms. The molecular formula is C17H25N3O3S. The Morgan fingerprint density at radius 2 is 1.83 bits per heavy atom. The maximum Gasteiger partial charge on any atom is 0.253 e. The van der Waals surface area contributed by atoms with Gasteiger partial charge in [0, 0.05) is 43.6 Å². The summed E-state index contributed by atoms with van der Waals surface area (Å²) < 4.78 is 23.4. The number of carbonyl (C=O) groups excluding carboxylic acids is 1. The van der Waals surface area contributed by atoms with Gasteiger partial charge in [-0.1, -0.05) is 0 Å². The number of rotatable bonds is 5. The van der Waals surface area contributed by atoms with Gasteiger partial charge in [0.05, 0.1) is 10.9 Å². The molecule has 1 aliphatic heterocycles. The predicted molar refractivity (Wildman–Crippen MR) is 97.4 cm³/mol. The molecule has 0 saturated carbocycles. The molecule has 7 heteroatoms. The van der Waals surface area contributed by atoms with Crippen LogP contribution in [0.3, 0.4) is 0 Å². The Balaban J connectivity index is 2.12. The van der Waals surface area contributed by atoms with Crippen LogP contribution in [0, 0.1) is 0 Å². The topological polar surface area (TPSA) is 70.1 Å². The van der Waals surface area contributed by atoms with E-state index >= 15 is 0 Å². The molecule has 1 aliphatic rings. The Morgan fingerprint density at radius 1 is 1.25 bits per heavy atom. The van der Waals surface area contributed by atoms with Gasteiger partial charge in [-0.2, -0.15) is 5.10 Å². The van der Waals surface area contributed by atoms with E-state index in [-0.39, 0.29) is 5.91 Å². The van der Waals surface area contributed by atoms with Crippen molar-refractivity contribution in [1.82, 2.24) is 4.90 Å². The van der Waals surface area contributed by atoms with E-state index < -0.39 is 21.1 Å². The predicted octanol–water partition coefficient (Wildman–Crippen LogP) is 2.17. The first-order valence-electron chi connectivity index (χ1n) is 7.99. The van der Waals surface area contributed by atoms with E-state index in [9.17, 15) is 13.2 Å². The highest BCUT2D eigenvalue weighted by molar-refractivity contribution is 7.91. The van der Waals surface area contributed by atoms with Crippen molar-refractivity contribution in [2.24, 2.45) is 5.10 Å². The fraction of sp³-hybridized carbons (Fsp3) is 0.529. The molecule has 0 N–H and O–H groups in total. The number of amides is 1. The van der Waals surface area contributed by atoms with E-state index in [4.69, 9.17) is 0 Å². The Morgan fingerprint density at radius 3 is 2.29 bits per heavy atom. The van der Waals surface area contributed by atoms with Crippen molar-refractivity contribution in [3.05, 3.63) is 29.8 Å². The Labute approximate surface area is 144 Å². The third-order valence-electron chi connectivity index (χ3n) is 4.68. The molecular weight excluding hydrogens is 326 g/mol. The second-order valence-corrected chi connectivity index (χ2v) is 8.85. The van der Waals surface area contributed by atoms with Crippen LogP contribution < -0.4 is 5.01 Å². The van der Waals surface area contributed by atoms with Crippen LogP contribution in [0.15, 0.2) is 29.4 Å². The van der Waals surface area contributed by atoms with E-state index in [1.807, 2.05) is 24.1 Å². The average molecular weight is 351 g/mol. The Hall–Kier alpha value is -1.89. The number of nitrogens with zero attached hydrogens (tertiary/aromatic N) is 3. The molecule has 1 aromatic rings. The van der Waals surface area contributed by atoms with Crippen molar-refractivity contribution in [3.63, 3.8) is 0 Å². The second-order valence-electron chi connectivity index (χ2n) is 6.45. The molecule has 1 aromatic carbocycles. The summed E-state index contributed by atoms with van der Waals surface area (Å²) in [5.74, 6) is -0.189. The van der Waals surface area contributed by atoms with Gasteiger partial charge in [-0.25, -0.2) is 8.42 Å². The summed E-state index contributed by atoms with van der Waals surface area (Å²) in [6.07, 6.45) is 2.14. The van der Waals surface area contributed by atoms with Gasteiger partial charge in [0.2, 0.25) is 0 Å². The molecule has 0 aromatic heterocycles. The van der Waals surface area contributed by atoms with E-state index in [1.54, 1.807) is 33.0 Å². The minimum Gasteiger partial charge on any atom is -0.338 e. The van der Waals surface area contributed by atoms with Gasteiger partial charge in [0.1, 0.15) is 0 Å². The molecule has 1 amide bonds. The number of hydrogen-bond donors (Lipinski definition) is 0. The molecule has 1 heterocycles.